The van der Waals surface area contributed by atoms with Crippen molar-refractivity contribution in [2.75, 3.05) is 5.01 Å². The van der Waals surface area contributed by atoms with Gasteiger partial charge in [0, 0.05) is 5.39 Å². The number of rotatable bonds is 2. The van der Waals surface area contributed by atoms with E-state index in [2.05, 4.69) is 0 Å². The fourth-order valence-corrected chi connectivity index (χ4v) is 1.66. The third-order valence-electron chi connectivity index (χ3n) is 2.33. The minimum Gasteiger partial charge on any atom is -0.384 e. The van der Waals surface area contributed by atoms with Gasteiger partial charge >= 0.3 is 0 Å². The van der Waals surface area contributed by atoms with E-state index in [1.165, 1.54) is 11.2 Å². The SMILES string of the molecule is NC(N)=CN(N)c1cccc2ccccc12. The first kappa shape index (κ1) is 10.3. The van der Waals surface area contributed by atoms with Crippen molar-refractivity contribution in [2.45, 2.75) is 0 Å². The lowest BCUT2D eigenvalue weighted by Gasteiger charge is -2.16. The van der Waals surface area contributed by atoms with E-state index in [9.17, 15) is 0 Å². The third-order valence-corrected chi connectivity index (χ3v) is 2.33. The van der Waals surface area contributed by atoms with Crippen molar-refractivity contribution < 1.29 is 0 Å². The van der Waals surface area contributed by atoms with Gasteiger partial charge < -0.3 is 11.5 Å². The summed E-state index contributed by atoms with van der Waals surface area (Å²) < 4.78 is 0. The van der Waals surface area contributed by atoms with E-state index in [1.807, 2.05) is 42.5 Å². The highest BCUT2D eigenvalue weighted by Crippen LogP contribution is 2.24. The number of nitrogens with two attached hydrogens (primary N) is 3. The van der Waals surface area contributed by atoms with E-state index in [4.69, 9.17) is 17.3 Å². The number of anilines is 1. The average molecular weight is 214 g/mol. The van der Waals surface area contributed by atoms with E-state index >= 15 is 0 Å². The normalized spacial score (nSPS) is 10.1. The van der Waals surface area contributed by atoms with E-state index < -0.39 is 0 Å². The lowest BCUT2D eigenvalue weighted by atomic mass is 10.1. The zero-order valence-electron chi connectivity index (χ0n) is 8.80. The van der Waals surface area contributed by atoms with Crippen LogP contribution in [0.25, 0.3) is 10.8 Å². The molecule has 0 amide bonds. The van der Waals surface area contributed by atoms with E-state index in [-0.39, 0.29) is 5.82 Å². The first-order chi connectivity index (χ1) is 7.68. The third kappa shape index (κ3) is 1.92. The maximum atomic E-state index is 5.86. The molecule has 16 heavy (non-hydrogen) atoms. The Hall–Kier alpha value is -2.20. The lowest BCUT2D eigenvalue weighted by molar-refractivity contribution is 1.05. The standard InChI is InChI=1S/C12H14N4/c13-12(14)8-16(15)11-7-3-5-9-4-1-2-6-10(9)11/h1-8H,13-15H2. The molecular weight excluding hydrogens is 200 g/mol. The zero-order valence-corrected chi connectivity index (χ0v) is 8.80. The van der Waals surface area contributed by atoms with Gasteiger partial charge in [-0.25, -0.2) is 5.84 Å². The van der Waals surface area contributed by atoms with E-state index in [0.29, 0.717) is 0 Å². The molecule has 0 aliphatic carbocycles. The first-order valence-electron chi connectivity index (χ1n) is 4.93. The van der Waals surface area contributed by atoms with Crippen LogP contribution in [-0.4, -0.2) is 0 Å². The Morgan fingerprint density at radius 3 is 2.44 bits per heavy atom. The largest absolute Gasteiger partial charge is 0.384 e. The van der Waals surface area contributed by atoms with Crippen molar-refractivity contribution in [1.29, 1.82) is 0 Å². The molecule has 6 N–H and O–H groups in total. The van der Waals surface area contributed by atoms with Crippen molar-refractivity contribution in [2.24, 2.45) is 17.3 Å². The molecule has 2 rings (SSSR count). The second kappa shape index (κ2) is 4.12. The van der Waals surface area contributed by atoms with Crippen molar-refractivity contribution in [3.05, 3.63) is 54.5 Å². The Balaban J connectivity index is 2.56. The first-order valence-corrected chi connectivity index (χ1v) is 4.93. The molecule has 2 aromatic carbocycles. The Morgan fingerprint density at radius 1 is 1.00 bits per heavy atom. The molecule has 0 bridgehead atoms. The zero-order chi connectivity index (χ0) is 11.5. The highest BCUT2D eigenvalue weighted by molar-refractivity contribution is 5.94. The molecule has 0 unspecified atom stereocenters. The van der Waals surface area contributed by atoms with Crippen molar-refractivity contribution in [3.63, 3.8) is 0 Å². The van der Waals surface area contributed by atoms with Gasteiger partial charge in [0.05, 0.1) is 11.9 Å². The van der Waals surface area contributed by atoms with Gasteiger partial charge in [0.2, 0.25) is 0 Å². The predicted molar refractivity (Wildman–Crippen MR) is 67.1 cm³/mol. The fourth-order valence-electron chi connectivity index (χ4n) is 1.66. The molecule has 0 aromatic heterocycles. The summed E-state index contributed by atoms with van der Waals surface area (Å²) in [4.78, 5) is 0. The number of nitrogens with zero attached hydrogens (tertiary/aromatic N) is 1. The average Bonchev–Trinajstić information content (AvgIpc) is 2.27. The molecule has 0 saturated carbocycles. The van der Waals surface area contributed by atoms with Gasteiger partial charge in [0.25, 0.3) is 0 Å². The van der Waals surface area contributed by atoms with Gasteiger partial charge in [0.1, 0.15) is 5.82 Å². The minimum absolute atomic E-state index is 0.176. The summed E-state index contributed by atoms with van der Waals surface area (Å²) in [6.07, 6.45) is 1.49. The summed E-state index contributed by atoms with van der Waals surface area (Å²) in [6.45, 7) is 0. The predicted octanol–water partition coefficient (Wildman–Crippen LogP) is 1.24. The van der Waals surface area contributed by atoms with Crippen LogP contribution < -0.4 is 22.3 Å². The summed E-state index contributed by atoms with van der Waals surface area (Å²) >= 11 is 0. The minimum atomic E-state index is 0.176. The summed E-state index contributed by atoms with van der Waals surface area (Å²) in [6, 6.07) is 13.9. The number of hydrogen-bond acceptors (Lipinski definition) is 4. The number of fused-ring (bicyclic) bond motifs is 1. The molecule has 0 aliphatic heterocycles. The lowest BCUT2D eigenvalue weighted by Crippen LogP contribution is -2.27. The maximum absolute atomic E-state index is 5.86. The molecule has 0 heterocycles. The summed E-state index contributed by atoms with van der Waals surface area (Å²) in [5.74, 6) is 6.04. The second-order valence-corrected chi connectivity index (χ2v) is 3.53. The molecule has 4 heteroatoms. The maximum Gasteiger partial charge on any atom is 0.112 e. The van der Waals surface area contributed by atoms with E-state index in [1.54, 1.807) is 0 Å². The Bertz CT molecular complexity index is 524. The van der Waals surface area contributed by atoms with Gasteiger partial charge in [-0.3, -0.25) is 5.01 Å². The van der Waals surface area contributed by atoms with Crippen LogP contribution in [-0.2, 0) is 0 Å². The van der Waals surface area contributed by atoms with Gasteiger partial charge in [0.15, 0.2) is 0 Å². The number of hydrazine groups is 1. The van der Waals surface area contributed by atoms with Crippen LogP contribution in [0.15, 0.2) is 54.5 Å². The van der Waals surface area contributed by atoms with Crippen LogP contribution >= 0.6 is 0 Å². The van der Waals surface area contributed by atoms with Gasteiger partial charge in [-0.2, -0.15) is 0 Å². The topological polar surface area (TPSA) is 81.3 Å². The molecule has 0 saturated heterocycles. The smallest absolute Gasteiger partial charge is 0.112 e. The van der Waals surface area contributed by atoms with Crippen molar-refractivity contribution >= 4 is 16.5 Å². The highest BCUT2D eigenvalue weighted by atomic mass is 15.4. The second-order valence-electron chi connectivity index (χ2n) is 3.53. The van der Waals surface area contributed by atoms with Crippen LogP contribution in [0, 0.1) is 0 Å². The Morgan fingerprint density at radius 2 is 1.69 bits per heavy atom. The van der Waals surface area contributed by atoms with Gasteiger partial charge in [-0.05, 0) is 11.5 Å². The highest BCUT2D eigenvalue weighted by Gasteiger charge is 2.03. The summed E-state index contributed by atoms with van der Waals surface area (Å²) in [5, 5.41) is 3.61. The summed E-state index contributed by atoms with van der Waals surface area (Å²) in [7, 11) is 0. The molecule has 0 atom stereocenters. The number of hydrogen-bond donors (Lipinski definition) is 3. The molecule has 0 fully saturated rings. The monoisotopic (exact) mass is 214 g/mol. The molecule has 0 spiro atoms. The van der Waals surface area contributed by atoms with Crippen LogP contribution in [0.3, 0.4) is 0 Å². The molecule has 0 aliphatic rings. The van der Waals surface area contributed by atoms with Crippen LogP contribution in [0.2, 0.25) is 0 Å². The fraction of sp³-hybridized carbons (Fsp3) is 0. The molecule has 4 nitrogen and oxygen atoms in total. The van der Waals surface area contributed by atoms with Gasteiger partial charge in [-0.1, -0.05) is 36.4 Å². The van der Waals surface area contributed by atoms with Crippen molar-refractivity contribution in [1.82, 2.24) is 0 Å². The van der Waals surface area contributed by atoms with Crippen LogP contribution in [0.1, 0.15) is 0 Å². The molecule has 82 valence electrons. The Kier molecular flexibility index (Phi) is 2.66. The molecular formula is C12H14N4. The Labute approximate surface area is 93.9 Å². The summed E-state index contributed by atoms with van der Waals surface area (Å²) in [5.41, 5.74) is 11.7. The van der Waals surface area contributed by atoms with Crippen molar-refractivity contribution in [3.8, 4) is 0 Å². The van der Waals surface area contributed by atoms with Gasteiger partial charge in [-0.15, -0.1) is 0 Å². The quantitative estimate of drug-likeness (QED) is 0.519. The van der Waals surface area contributed by atoms with E-state index in [0.717, 1.165) is 16.5 Å². The number of benzene rings is 2. The van der Waals surface area contributed by atoms with Crippen LogP contribution in [0.4, 0.5) is 5.69 Å². The molecule has 2 aromatic rings. The molecule has 0 radical (unpaired) electrons. The van der Waals surface area contributed by atoms with Crippen LogP contribution in [0.5, 0.6) is 0 Å².